The van der Waals surface area contributed by atoms with E-state index in [0.717, 1.165) is 4.88 Å². The highest BCUT2D eigenvalue weighted by Gasteiger charge is 2.06. The molecule has 78 valence electrons. The number of anilines is 1. The van der Waals surface area contributed by atoms with Gasteiger partial charge in [0.25, 0.3) is 0 Å². The van der Waals surface area contributed by atoms with Crippen LogP contribution in [0.1, 0.15) is 4.88 Å². The van der Waals surface area contributed by atoms with Gasteiger partial charge in [-0.3, -0.25) is 4.79 Å². The highest BCUT2D eigenvalue weighted by Crippen LogP contribution is 2.10. The number of aromatic nitrogens is 3. The molecule has 0 bridgehead atoms. The summed E-state index contributed by atoms with van der Waals surface area (Å²) in [7, 11) is 1.70. The Morgan fingerprint density at radius 3 is 3.13 bits per heavy atom. The van der Waals surface area contributed by atoms with Crippen LogP contribution in [0.15, 0.2) is 23.7 Å². The first-order valence-corrected chi connectivity index (χ1v) is 5.30. The summed E-state index contributed by atoms with van der Waals surface area (Å²) in [4.78, 5) is 13.9. The molecule has 0 saturated heterocycles. The van der Waals surface area contributed by atoms with Crippen molar-refractivity contribution in [3.8, 4) is 0 Å². The van der Waals surface area contributed by atoms with Gasteiger partial charge in [0, 0.05) is 11.9 Å². The molecule has 0 atom stereocenters. The van der Waals surface area contributed by atoms with Gasteiger partial charge in [-0.05, 0) is 11.4 Å². The number of carbonyl (C=O) groups is 1. The largest absolute Gasteiger partial charge is 0.308 e. The molecule has 2 aromatic heterocycles. The summed E-state index contributed by atoms with van der Waals surface area (Å²) in [5, 5.41) is 12.4. The van der Waals surface area contributed by atoms with E-state index in [1.807, 2.05) is 17.5 Å². The molecule has 1 amide bonds. The minimum Gasteiger partial charge on any atom is -0.308 e. The van der Waals surface area contributed by atoms with Gasteiger partial charge in [-0.2, -0.15) is 9.90 Å². The molecule has 2 aromatic rings. The molecule has 15 heavy (non-hydrogen) atoms. The molecule has 0 unspecified atom stereocenters. The maximum Gasteiger partial charge on any atom is 0.230 e. The Kier molecular flexibility index (Phi) is 2.77. The van der Waals surface area contributed by atoms with Crippen LogP contribution in [0, 0.1) is 0 Å². The van der Waals surface area contributed by atoms with Crippen molar-refractivity contribution in [1.29, 1.82) is 0 Å². The summed E-state index contributed by atoms with van der Waals surface area (Å²) < 4.78 is 0. The molecule has 1 N–H and O–H groups in total. The fourth-order valence-electron chi connectivity index (χ4n) is 1.16. The predicted molar refractivity (Wildman–Crippen MR) is 57.7 cm³/mol. The van der Waals surface area contributed by atoms with Crippen LogP contribution < -0.4 is 5.32 Å². The molecular formula is C9H10N4OS. The predicted octanol–water partition coefficient (Wildman–Crippen LogP) is 1.06. The highest BCUT2D eigenvalue weighted by molar-refractivity contribution is 7.10. The molecule has 2 rings (SSSR count). The second-order valence-corrected chi connectivity index (χ2v) is 4.06. The maximum absolute atomic E-state index is 11.5. The molecule has 0 aromatic carbocycles. The molecule has 0 saturated carbocycles. The van der Waals surface area contributed by atoms with E-state index in [1.54, 1.807) is 18.4 Å². The van der Waals surface area contributed by atoms with E-state index in [0.29, 0.717) is 12.2 Å². The van der Waals surface area contributed by atoms with Crippen molar-refractivity contribution >= 4 is 23.1 Å². The normalized spacial score (nSPS) is 10.2. The Bertz CT molecular complexity index is 448. The molecule has 6 heteroatoms. The number of nitrogens with one attached hydrogen (secondary N) is 1. The Morgan fingerprint density at radius 1 is 1.67 bits per heavy atom. The molecule has 2 heterocycles. The number of aryl methyl sites for hydroxylation is 1. The molecule has 0 spiro atoms. The fourth-order valence-corrected chi connectivity index (χ4v) is 1.87. The molecule has 5 nitrogen and oxygen atoms in total. The highest BCUT2D eigenvalue weighted by atomic mass is 32.1. The smallest absolute Gasteiger partial charge is 0.230 e. The van der Waals surface area contributed by atoms with Crippen LogP contribution in [0.5, 0.6) is 0 Å². The zero-order valence-corrected chi connectivity index (χ0v) is 8.99. The first kappa shape index (κ1) is 9.85. The number of hydrogen-bond donors (Lipinski definition) is 1. The Labute approximate surface area is 90.7 Å². The van der Waals surface area contributed by atoms with Gasteiger partial charge in [-0.25, -0.2) is 0 Å². The van der Waals surface area contributed by atoms with E-state index >= 15 is 0 Å². The van der Waals surface area contributed by atoms with E-state index in [2.05, 4.69) is 15.5 Å². The van der Waals surface area contributed by atoms with E-state index < -0.39 is 0 Å². The van der Waals surface area contributed by atoms with Crippen LogP contribution >= 0.6 is 11.3 Å². The zero-order chi connectivity index (χ0) is 10.7. The fraction of sp³-hybridized carbons (Fsp3) is 0.222. The van der Waals surface area contributed by atoms with Crippen LogP contribution in [0.3, 0.4) is 0 Å². The zero-order valence-electron chi connectivity index (χ0n) is 8.17. The number of rotatable bonds is 3. The average Bonchev–Trinajstić information content (AvgIpc) is 2.77. The van der Waals surface area contributed by atoms with Crippen molar-refractivity contribution in [3.05, 3.63) is 28.6 Å². The van der Waals surface area contributed by atoms with E-state index in [-0.39, 0.29) is 5.91 Å². The van der Waals surface area contributed by atoms with Crippen molar-refractivity contribution in [3.63, 3.8) is 0 Å². The summed E-state index contributed by atoms with van der Waals surface area (Å²) >= 11 is 1.56. The summed E-state index contributed by atoms with van der Waals surface area (Å²) in [6.07, 6.45) is 1.90. The summed E-state index contributed by atoms with van der Waals surface area (Å²) in [5.74, 6) is 0.414. The van der Waals surface area contributed by atoms with Gasteiger partial charge >= 0.3 is 0 Å². The lowest BCUT2D eigenvalue weighted by Crippen LogP contribution is -2.14. The monoisotopic (exact) mass is 222 g/mol. The van der Waals surface area contributed by atoms with Crippen molar-refractivity contribution < 1.29 is 4.79 Å². The van der Waals surface area contributed by atoms with Gasteiger partial charge in [-0.15, -0.1) is 16.4 Å². The third-order valence-corrected chi connectivity index (χ3v) is 2.66. The van der Waals surface area contributed by atoms with Gasteiger partial charge in [0.05, 0.1) is 12.6 Å². The van der Waals surface area contributed by atoms with E-state index in [9.17, 15) is 4.79 Å². The minimum atomic E-state index is -0.0713. The Morgan fingerprint density at radius 2 is 2.53 bits per heavy atom. The number of amides is 1. The second kappa shape index (κ2) is 4.22. The lowest BCUT2D eigenvalue weighted by atomic mass is 10.3. The summed E-state index contributed by atoms with van der Waals surface area (Å²) in [6, 6.07) is 3.86. The standard InChI is InChI=1S/C9H10N4OS/c1-13-10-6-8(12-13)11-9(14)5-7-3-2-4-15-7/h2-4,6H,5H2,1H3,(H,11,12,14). The van der Waals surface area contributed by atoms with Crippen molar-refractivity contribution in [2.24, 2.45) is 7.05 Å². The summed E-state index contributed by atoms with van der Waals surface area (Å²) in [5.41, 5.74) is 0. The quantitative estimate of drug-likeness (QED) is 0.844. The van der Waals surface area contributed by atoms with E-state index in [4.69, 9.17) is 0 Å². The number of carbonyl (C=O) groups excluding carboxylic acids is 1. The van der Waals surface area contributed by atoms with Gasteiger partial charge < -0.3 is 5.32 Å². The van der Waals surface area contributed by atoms with Crippen LogP contribution in [-0.2, 0) is 18.3 Å². The van der Waals surface area contributed by atoms with Gasteiger partial charge in [0.1, 0.15) is 0 Å². The van der Waals surface area contributed by atoms with E-state index in [1.165, 1.54) is 11.0 Å². The Hall–Kier alpha value is -1.69. The van der Waals surface area contributed by atoms with Gasteiger partial charge in [0.2, 0.25) is 5.91 Å². The van der Waals surface area contributed by atoms with Crippen LogP contribution in [-0.4, -0.2) is 20.9 Å². The average molecular weight is 222 g/mol. The lowest BCUT2D eigenvalue weighted by molar-refractivity contribution is -0.115. The summed E-state index contributed by atoms with van der Waals surface area (Å²) in [6.45, 7) is 0. The maximum atomic E-state index is 11.5. The molecule has 0 aliphatic rings. The molecule has 0 fully saturated rings. The number of thiophene rings is 1. The van der Waals surface area contributed by atoms with Gasteiger partial charge in [-0.1, -0.05) is 6.07 Å². The third kappa shape index (κ3) is 2.63. The van der Waals surface area contributed by atoms with Crippen LogP contribution in [0.4, 0.5) is 5.82 Å². The Balaban J connectivity index is 1.93. The van der Waals surface area contributed by atoms with Gasteiger partial charge in [0.15, 0.2) is 5.82 Å². The van der Waals surface area contributed by atoms with Crippen molar-refractivity contribution in [2.75, 3.05) is 5.32 Å². The first-order valence-electron chi connectivity index (χ1n) is 4.42. The number of hydrogen-bond acceptors (Lipinski definition) is 4. The second-order valence-electron chi connectivity index (χ2n) is 3.02. The lowest BCUT2D eigenvalue weighted by Gasteiger charge is -1.98. The molecule has 0 radical (unpaired) electrons. The number of nitrogens with zero attached hydrogens (tertiary/aromatic N) is 3. The first-order chi connectivity index (χ1) is 7.24. The van der Waals surface area contributed by atoms with Crippen molar-refractivity contribution in [2.45, 2.75) is 6.42 Å². The van der Waals surface area contributed by atoms with Crippen LogP contribution in [0.2, 0.25) is 0 Å². The third-order valence-electron chi connectivity index (χ3n) is 1.78. The molecular weight excluding hydrogens is 212 g/mol. The topological polar surface area (TPSA) is 59.8 Å². The van der Waals surface area contributed by atoms with Crippen LogP contribution in [0.25, 0.3) is 0 Å². The minimum absolute atomic E-state index is 0.0713. The molecule has 0 aliphatic heterocycles. The molecule has 0 aliphatic carbocycles. The SMILES string of the molecule is Cn1ncc(NC(=O)Cc2cccs2)n1. The van der Waals surface area contributed by atoms with Crippen molar-refractivity contribution in [1.82, 2.24) is 15.0 Å².